The van der Waals surface area contributed by atoms with Crippen molar-refractivity contribution in [2.75, 3.05) is 0 Å². The van der Waals surface area contributed by atoms with Crippen molar-refractivity contribution in [3.63, 3.8) is 0 Å². The summed E-state index contributed by atoms with van der Waals surface area (Å²) in [6.45, 7) is 0. The molecule has 7 heteroatoms. The van der Waals surface area contributed by atoms with Gasteiger partial charge >= 0.3 is 6.16 Å². The highest BCUT2D eigenvalue weighted by molar-refractivity contribution is 6.31. The van der Waals surface area contributed by atoms with Crippen LogP contribution in [0.4, 0.5) is 4.79 Å². The van der Waals surface area contributed by atoms with Gasteiger partial charge in [-0.05, 0) is 30.3 Å². The van der Waals surface area contributed by atoms with E-state index < -0.39 is 17.3 Å². The van der Waals surface area contributed by atoms with Crippen molar-refractivity contribution < 1.29 is 19.1 Å². The summed E-state index contributed by atoms with van der Waals surface area (Å²) >= 11 is 5.86. The summed E-state index contributed by atoms with van der Waals surface area (Å²) in [6, 6.07) is 7.37. The molecular weight excluding hydrogens is 286 g/mol. The highest BCUT2D eigenvalue weighted by Crippen LogP contribution is 2.31. The standard InChI is InChI=1S/C13H6ClNO5/c14-6-1-4-10-8(5-6)15-7-2-3-9(16)12(11(7)19-10)20-13(17)18/h1-5H,(H,17,18). The van der Waals surface area contributed by atoms with E-state index in [4.69, 9.17) is 21.1 Å². The molecule has 1 aromatic carbocycles. The number of nitrogens with zero attached hydrogens (tertiary/aromatic N) is 1. The van der Waals surface area contributed by atoms with E-state index in [0.29, 0.717) is 21.8 Å². The van der Waals surface area contributed by atoms with Gasteiger partial charge in [0.25, 0.3) is 0 Å². The number of benzene rings is 2. The molecule has 3 rings (SSSR count). The number of fused-ring (bicyclic) bond motifs is 2. The molecule has 1 aliphatic carbocycles. The predicted octanol–water partition coefficient (Wildman–Crippen LogP) is 3.00. The molecule has 100 valence electrons. The average Bonchev–Trinajstić information content (AvgIpc) is 2.40. The smallest absolute Gasteiger partial charge is 0.449 e. The maximum absolute atomic E-state index is 11.7. The SMILES string of the molecule is O=C(O)Oc1c2oc3ccc(Cl)cc3nc-2ccc1=O. The van der Waals surface area contributed by atoms with Crippen LogP contribution in [0, 0.1) is 0 Å². The van der Waals surface area contributed by atoms with Gasteiger partial charge in [-0.15, -0.1) is 0 Å². The molecule has 0 spiro atoms. The Kier molecular flexibility index (Phi) is 2.80. The number of ether oxygens (including phenoxy) is 1. The molecule has 20 heavy (non-hydrogen) atoms. The Morgan fingerprint density at radius 2 is 2.10 bits per heavy atom. The van der Waals surface area contributed by atoms with E-state index in [1.165, 1.54) is 12.1 Å². The first-order valence-electron chi connectivity index (χ1n) is 5.48. The number of aromatic nitrogens is 1. The number of carboxylic acid groups (broad SMARTS) is 1. The monoisotopic (exact) mass is 291 g/mol. The minimum Gasteiger partial charge on any atom is -0.449 e. The van der Waals surface area contributed by atoms with Crippen LogP contribution in [0.3, 0.4) is 0 Å². The first-order chi connectivity index (χ1) is 9.54. The molecule has 6 nitrogen and oxygen atoms in total. The molecule has 1 N–H and O–H groups in total. The van der Waals surface area contributed by atoms with E-state index in [9.17, 15) is 9.59 Å². The molecule has 0 amide bonds. The largest absolute Gasteiger partial charge is 0.511 e. The molecule has 1 aromatic rings. The summed E-state index contributed by atoms with van der Waals surface area (Å²) in [5.74, 6) is -0.422. The maximum Gasteiger partial charge on any atom is 0.511 e. The molecule has 1 heterocycles. The van der Waals surface area contributed by atoms with E-state index in [2.05, 4.69) is 9.72 Å². The Labute approximate surface area is 116 Å². The van der Waals surface area contributed by atoms with Crippen molar-refractivity contribution >= 4 is 28.9 Å². The first kappa shape index (κ1) is 12.4. The van der Waals surface area contributed by atoms with Gasteiger partial charge in [0, 0.05) is 5.02 Å². The molecule has 0 saturated heterocycles. The van der Waals surface area contributed by atoms with E-state index in [1.54, 1.807) is 18.2 Å². The Bertz CT molecular complexity index is 857. The van der Waals surface area contributed by atoms with Crippen LogP contribution in [0.25, 0.3) is 22.6 Å². The Balaban J connectivity index is 2.36. The van der Waals surface area contributed by atoms with Crippen molar-refractivity contribution in [2.24, 2.45) is 0 Å². The van der Waals surface area contributed by atoms with E-state index >= 15 is 0 Å². The third-order valence-electron chi connectivity index (χ3n) is 2.62. The maximum atomic E-state index is 11.7. The molecule has 2 aliphatic rings. The van der Waals surface area contributed by atoms with Crippen molar-refractivity contribution in [2.45, 2.75) is 0 Å². The zero-order chi connectivity index (χ0) is 14.3. The second-order valence-corrected chi connectivity index (χ2v) is 4.37. The van der Waals surface area contributed by atoms with Crippen LogP contribution in [0.1, 0.15) is 0 Å². The van der Waals surface area contributed by atoms with Crippen molar-refractivity contribution in [1.29, 1.82) is 0 Å². The lowest BCUT2D eigenvalue weighted by Gasteiger charge is -2.09. The number of hydrogen-bond acceptors (Lipinski definition) is 5. The molecule has 0 bridgehead atoms. The lowest BCUT2D eigenvalue weighted by Crippen LogP contribution is -2.13. The summed E-state index contributed by atoms with van der Waals surface area (Å²) in [5, 5.41) is 9.15. The van der Waals surface area contributed by atoms with Crippen LogP contribution >= 0.6 is 11.6 Å². The van der Waals surface area contributed by atoms with E-state index in [0.717, 1.165) is 0 Å². The molecule has 0 radical (unpaired) electrons. The van der Waals surface area contributed by atoms with Gasteiger partial charge in [0.2, 0.25) is 11.2 Å². The quantitative estimate of drug-likeness (QED) is 0.421. The van der Waals surface area contributed by atoms with Crippen LogP contribution < -0.4 is 10.2 Å². The summed E-state index contributed by atoms with van der Waals surface area (Å²) in [5.41, 5.74) is 0.557. The van der Waals surface area contributed by atoms with Crippen molar-refractivity contribution in [3.05, 3.63) is 45.6 Å². The second-order valence-electron chi connectivity index (χ2n) is 3.93. The molecule has 0 saturated carbocycles. The summed E-state index contributed by atoms with van der Waals surface area (Å²) < 4.78 is 9.98. The summed E-state index contributed by atoms with van der Waals surface area (Å²) in [7, 11) is 0. The molecule has 0 unspecified atom stereocenters. The lowest BCUT2D eigenvalue weighted by molar-refractivity contribution is 0.143. The fourth-order valence-corrected chi connectivity index (χ4v) is 1.98. The van der Waals surface area contributed by atoms with Crippen LogP contribution in [-0.2, 0) is 0 Å². The van der Waals surface area contributed by atoms with E-state index in [-0.39, 0.29) is 5.76 Å². The Morgan fingerprint density at radius 3 is 2.85 bits per heavy atom. The molecule has 1 aliphatic heterocycles. The Hall–Kier alpha value is -2.60. The number of halogens is 1. The molecular formula is C13H6ClNO5. The highest BCUT2D eigenvalue weighted by atomic mass is 35.5. The van der Waals surface area contributed by atoms with Gasteiger partial charge in [-0.1, -0.05) is 11.6 Å². The predicted molar refractivity (Wildman–Crippen MR) is 70.6 cm³/mol. The van der Waals surface area contributed by atoms with Crippen LogP contribution in [0.5, 0.6) is 5.75 Å². The lowest BCUT2D eigenvalue weighted by atomic mass is 10.2. The third-order valence-corrected chi connectivity index (χ3v) is 2.85. The van der Waals surface area contributed by atoms with Crippen LogP contribution in [0.2, 0.25) is 5.02 Å². The average molecular weight is 292 g/mol. The van der Waals surface area contributed by atoms with Gasteiger partial charge in [0.05, 0.1) is 0 Å². The Morgan fingerprint density at radius 1 is 1.30 bits per heavy atom. The van der Waals surface area contributed by atoms with Gasteiger partial charge < -0.3 is 14.3 Å². The van der Waals surface area contributed by atoms with Gasteiger partial charge in [-0.3, -0.25) is 4.79 Å². The zero-order valence-corrected chi connectivity index (χ0v) is 10.5. The van der Waals surface area contributed by atoms with Gasteiger partial charge in [0.1, 0.15) is 11.2 Å². The van der Waals surface area contributed by atoms with Crippen LogP contribution in [-0.4, -0.2) is 16.2 Å². The fourth-order valence-electron chi connectivity index (χ4n) is 1.81. The fraction of sp³-hybridized carbons (Fsp3) is 0. The zero-order valence-electron chi connectivity index (χ0n) is 9.79. The number of hydrogen-bond donors (Lipinski definition) is 1. The summed E-state index contributed by atoms with van der Waals surface area (Å²) in [4.78, 5) is 26.6. The van der Waals surface area contributed by atoms with Crippen LogP contribution in [0.15, 0.2) is 39.5 Å². The normalized spacial score (nSPS) is 10.8. The van der Waals surface area contributed by atoms with Gasteiger partial charge in [-0.2, -0.15) is 0 Å². The number of carbonyl (C=O) groups is 1. The first-order valence-corrected chi connectivity index (χ1v) is 5.86. The minimum absolute atomic E-state index is 0.0188. The van der Waals surface area contributed by atoms with Crippen molar-refractivity contribution in [3.8, 4) is 17.2 Å². The third kappa shape index (κ3) is 2.06. The molecule has 0 atom stereocenters. The number of rotatable bonds is 1. The topological polar surface area (TPSA) is 89.6 Å². The molecule has 0 aromatic heterocycles. The summed E-state index contributed by atoms with van der Waals surface area (Å²) in [6.07, 6.45) is -1.60. The van der Waals surface area contributed by atoms with E-state index in [1.807, 2.05) is 0 Å². The highest BCUT2D eigenvalue weighted by Gasteiger charge is 2.20. The van der Waals surface area contributed by atoms with Crippen molar-refractivity contribution in [1.82, 2.24) is 4.98 Å². The minimum atomic E-state index is -1.60. The van der Waals surface area contributed by atoms with Gasteiger partial charge in [-0.25, -0.2) is 9.78 Å². The second kappa shape index (κ2) is 4.50. The molecule has 0 fully saturated rings. The van der Waals surface area contributed by atoms with Gasteiger partial charge in [0.15, 0.2) is 11.3 Å².